The first-order valence-corrected chi connectivity index (χ1v) is 9.64. The van der Waals surface area contributed by atoms with Crippen LogP contribution >= 0.6 is 0 Å². The van der Waals surface area contributed by atoms with Crippen LogP contribution in [0.5, 0.6) is 0 Å². The zero-order chi connectivity index (χ0) is 17.9. The zero-order valence-electron chi connectivity index (χ0n) is 13.5. The molecule has 7 nitrogen and oxygen atoms in total. The van der Waals surface area contributed by atoms with Crippen molar-refractivity contribution in [3.05, 3.63) is 54.0 Å². The van der Waals surface area contributed by atoms with Gasteiger partial charge in [-0.05, 0) is 18.2 Å². The predicted molar refractivity (Wildman–Crippen MR) is 90.7 cm³/mol. The highest BCUT2D eigenvalue weighted by atomic mass is 32.2. The lowest BCUT2D eigenvalue weighted by Crippen LogP contribution is -2.34. The monoisotopic (exact) mass is 364 g/mol. The molecule has 0 bridgehead atoms. The Hall–Kier alpha value is -2.16. The fraction of sp³-hybridized carbons (Fsp3) is 0.353. The lowest BCUT2D eigenvalue weighted by atomic mass is 10.1. The van der Waals surface area contributed by atoms with Gasteiger partial charge in [-0.2, -0.15) is 0 Å². The molecule has 1 aromatic heterocycles. The van der Waals surface area contributed by atoms with Crippen molar-refractivity contribution in [1.82, 2.24) is 10.6 Å². The number of β-amino-alcohol motifs (C(OH)–C–C–N with tert-alkyl or cyclic N) is 1. The summed E-state index contributed by atoms with van der Waals surface area (Å²) in [6.45, 7) is 1.41. The predicted octanol–water partition coefficient (Wildman–Crippen LogP) is 0.564. The van der Waals surface area contributed by atoms with E-state index in [1.807, 2.05) is 0 Å². The third-order valence-electron chi connectivity index (χ3n) is 4.23. The molecule has 1 fully saturated rings. The summed E-state index contributed by atoms with van der Waals surface area (Å²) in [7, 11) is -3.57. The van der Waals surface area contributed by atoms with Crippen LogP contribution in [-0.4, -0.2) is 45.2 Å². The third kappa shape index (κ3) is 4.09. The van der Waals surface area contributed by atoms with Crippen LogP contribution in [0.1, 0.15) is 16.1 Å². The minimum atomic E-state index is -3.57. The van der Waals surface area contributed by atoms with Crippen molar-refractivity contribution in [3.8, 4) is 0 Å². The summed E-state index contributed by atoms with van der Waals surface area (Å²) in [5, 5.41) is 15.5. The lowest BCUT2D eigenvalue weighted by Gasteiger charge is -2.13. The number of carbonyl (C=O) groups excluding carboxylic acids is 1. The fourth-order valence-corrected chi connectivity index (χ4v) is 4.17. The second-order valence-electron chi connectivity index (χ2n) is 6.04. The van der Waals surface area contributed by atoms with Gasteiger partial charge in [0.05, 0.1) is 23.0 Å². The summed E-state index contributed by atoms with van der Waals surface area (Å²) in [6.07, 6.45) is 0.798. The number of carbonyl (C=O) groups is 1. The molecule has 0 radical (unpaired) electrons. The molecule has 0 spiro atoms. The molecule has 1 amide bonds. The molecule has 134 valence electrons. The van der Waals surface area contributed by atoms with Crippen molar-refractivity contribution in [3.63, 3.8) is 0 Å². The van der Waals surface area contributed by atoms with Crippen LogP contribution in [0.15, 0.2) is 52.0 Å². The molecule has 2 heterocycles. The molecule has 2 unspecified atom stereocenters. The topological polar surface area (TPSA) is 109 Å². The molecule has 3 N–H and O–H groups in total. The van der Waals surface area contributed by atoms with Gasteiger partial charge in [0.25, 0.3) is 5.91 Å². The van der Waals surface area contributed by atoms with E-state index in [4.69, 9.17) is 4.42 Å². The second kappa shape index (κ2) is 7.38. The standard InChI is InChI=1S/C17H20N2O5S/c20-15-10-18-8-13(15)9-19-17(21)16-12(6-7-24-16)11-25(22,23)14-4-2-1-3-5-14/h1-7,13,15,18,20H,8-11H2,(H,19,21). The van der Waals surface area contributed by atoms with Gasteiger partial charge in [-0.1, -0.05) is 18.2 Å². The molecule has 1 saturated heterocycles. The number of aliphatic hydroxyl groups is 1. The average Bonchev–Trinajstić information content (AvgIpc) is 3.22. The molecule has 25 heavy (non-hydrogen) atoms. The highest BCUT2D eigenvalue weighted by Crippen LogP contribution is 2.20. The van der Waals surface area contributed by atoms with E-state index in [0.717, 1.165) is 0 Å². The molecule has 2 atom stereocenters. The number of hydrogen-bond acceptors (Lipinski definition) is 6. The Kier molecular flexibility index (Phi) is 5.22. The van der Waals surface area contributed by atoms with E-state index in [-0.39, 0.29) is 22.3 Å². The van der Waals surface area contributed by atoms with E-state index in [9.17, 15) is 18.3 Å². The van der Waals surface area contributed by atoms with Gasteiger partial charge in [0, 0.05) is 31.1 Å². The van der Waals surface area contributed by atoms with Crippen molar-refractivity contribution in [2.75, 3.05) is 19.6 Å². The maximum atomic E-state index is 12.5. The second-order valence-corrected chi connectivity index (χ2v) is 8.03. The van der Waals surface area contributed by atoms with Gasteiger partial charge in [0.15, 0.2) is 15.6 Å². The van der Waals surface area contributed by atoms with E-state index in [1.165, 1.54) is 24.5 Å². The van der Waals surface area contributed by atoms with E-state index < -0.39 is 21.8 Å². The van der Waals surface area contributed by atoms with E-state index in [2.05, 4.69) is 10.6 Å². The summed E-state index contributed by atoms with van der Waals surface area (Å²) < 4.78 is 30.1. The highest BCUT2D eigenvalue weighted by Gasteiger charge is 2.27. The van der Waals surface area contributed by atoms with E-state index in [0.29, 0.717) is 25.2 Å². The molecular weight excluding hydrogens is 344 g/mol. The first-order valence-electron chi connectivity index (χ1n) is 7.98. The fourth-order valence-electron chi connectivity index (χ4n) is 2.80. The minimum Gasteiger partial charge on any atom is -0.459 e. The van der Waals surface area contributed by atoms with Gasteiger partial charge in [-0.3, -0.25) is 4.79 Å². The maximum Gasteiger partial charge on any atom is 0.287 e. The highest BCUT2D eigenvalue weighted by molar-refractivity contribution is 7.90. The zero-order valence-corrected chi connectivity index (χ0v) is 14.3. The molecule has 1 aliphatic heterocycles. The van der Waals surface area contributed by atoms with Crippen LogP contribution in [0.4, 0.5) is 0 Å². The lowest BCUT2D eigenvalue weighted by molar-refractivity contribution is 0.0899. The van der Waals surface area contributed by atoms with E-state index in [1.54, 1.807) is 18.2 Å². The summed E-state index contributed by atoms with van der Waals surface area (Å²) >= 11 is 0. The van der Waals surface area contributed by atoms with Crippen molar-refractivity contribution in [2.24, 2.45) is 5.92 Å². The molecule has 8 heteroatoms. The van der Waals surface area contributed by atoms with Crippen LogP contribution in [0.2, 0.25) is 0 Å². The molecule has 1 aromatic carbocycles. The van der Waals surface area contributed by atoms with Gasteiger partial charge in [0.2, 0.25) is 0 Å². The first kappa shape index (κ1) is 17.7. The summed E-state index contributed by atoms with van der Waals surface area (Å²) in [5.41, 5.74) is 0.312. The summed E-state index contributed by atoms with van der Waals surface area (Å²) in [6, 6.07) is 9.56. The Morgan fingerprint density at radius 3 is 2.68 bits per heavy atom. The smallest absolute Gasteiger partial charge is 0.287 e. The number of furan rings is 1. The van der Waals surface area contributed by atoms with Crippen LogP contribution in [0.25, 0.3) is 0 Å². The minimum absolute atomic E-state index is 0.0139. The van der Waals surface area contributed by atoms with Crippen LogP contribution in [0, 0.1) is 5.92 Å². The average molecular weight is 364 g/mol. The van der Waals surface area contributed by atoms with Crippen LogP contribution in [-0.2, 0) is 15.6 Å². The number of amides is 1. The molecule has 2 aromatic rings. The van der Waals surface area contributed by atoms with Crippen molar-refractivity contribution in [1.29, 1.82) is 0 Å². The number of hydrogen-bond donors (Lipinski definition) is 3. The summed E-state index contributed by atoms with van der Waals surface area (Å²) in [4.78, 5) is 12.5. The maximum absolute atomic E-state index is 12.5. The van der Waals surface area contributed by atoms with Crippen LogP contribution < -0.4 is 10.6 Å². The van der Waals surface area contributed by atoms with Crippen molar-refractivity contribution >= 4 is 15.7 Å². The number of rotatable bonds is 6. The molecule has 1 aliphatic rings. The van der Waals surface area contributed by atoms with Gasteiger partial charge in [-0.15, -0.1) is 0 Å². The first-order chi connectivity index (χ1) is 12.0. The van der Waals surface area contributed by atoms with Crippen molar-refractivity contribution in [2.45, 2.75) is 16.8 Å². The van der Waals surface area contributed by atoms with E-state index >= 15 is 0 Å². The van der Waals surface area contributed by atoms with Gasteiger partial charge in [0.1, 0.15) is 0 Å². The number of sulfone groups is 1. The number of nitrogens with one attached hydrogen (secondary N) is 2. The van der Waals surface area contributed by atoms with Gasteiger partial charge >= 0.3 is 0 Å². The van der Waals surface area contributed by atoms with Gasteiger partial charge in [-0.25, -0.2) is 8.42 Å². The Morgan fingerprint density at radius 2 is 2.00 bits per heavy atom. The quantitative estimate of drug-likeness (QED) is 0.691. The SMILES string of the molecule is O=C(NCC1CNCC1O)c1occc1CS(=O)(=O)c1ccccc1. The Labute approximate surface area is 146 Å². The third-order valence-corrected chi connectivity index (χ3v) is 5.91. The van der Waals surface area contributed by atoms with Gasteiger partial charge < -0.3 is 20.2 Å². The normalized spacial score (nSPS) is 20.5. The molecule has 3 rings (SSSR count). The molecular formula is C17H20N2O5S. The number of benzene rings is 1. The molecule has 0 aliphatic carbocycles. The van der Waals surface area contributed by atoms with Crippen molar-refractivity contribution < 1.29 is 22.7 Å². The largest absolute Gasteiger partial charge is 0.459 e. The Bertz CT molecular complexity index is 832. The molecule has 0 saturated carbocycles. The Balaban J connectivity index is 1.69. The Morgan fingerprint density at radius 1 is 1.24 bits per heavy atom. The van der Waals surface area contributed by atoms with Crippen LogP contribution in [0.3, 0.4) is 0 Å². The number of aliphatic hydroxyl groups excluding tert-OH is 1. The summed E-state index contributed by atoms with van der Waals surface area (Å²) in [5.74, 6) is -0.887.